The number of hydrazine groups is 1. The van der Waals surface area contributed by atoms with Crippen LogP contribution in [-0.2, 0) is 22.6 Å². The van der Waals surface area contributed by atoms with Crippen LogP contribution in [0.4, 0.5) is 4.79 Å². The van der Waals surface area contributed by atoms with E-state index in [-0.39, 0.29) is 5.91 Å². The Hall–Kier alpha value is -3.06. The van der Waals surface area contributed by atoms with E-state index in [1.54, 1.807) is 5.01 Å². The molecule has 1 heterocycles. The largest absolute Gasteiger partial charge is 0.489 e. The standard InChI is InChI=1S/C28H39N3O4/c1-5-31(30-18-10-7-11-19-30)26(32)25(29-27(33)35-28(2,3)4)20-22-14-16-24(17-15-22)34-21-23-12-8-6-9-13-23/h6,8-9,12-17,25H,5,7,10-11,18-21H2,1-4H3,(H,29,33). The second-order valence-corrected chi connectivity index (χ2v) is 9.89. The van der Waals surface area contributed by atoms with Gasteiger partial charge in [0.1, 0.15) is 24.0 Å². The van der Waals surface area contributed by atoms with Crippen LogP contribution in [0.25, 0.3) is 0 Å². The molecule has 0 bridgehead atoms. The molecule has 7 nitrogen and oxygen atoms in total. The smallest absolute Gasteiger partial charge is 0.408 e. The highest BCUT2D eigenvalue weighted by atomic mass is 16.6. The summed E-state index contributed by atoms with van der Waals surface area (Å²) in [6, 6.07) is 16.9. The molecular formula is C28H39N3O4. The van der Waals surface area contributed by atoms with Crippen LogP contribution in [-0.4, -0.2) is 53.3 Å². The van der Waals surface area contributed by atoms with E-state index in [0.717, 1.165) is 42.8 Å². The molecule has 0 spiro atoms. The summed E-state index contributed by atoms with van der Waals surface area (Å²) in [5, 5.41) is 6.71. The van der Waals surface area contributed by atoms with Crippen LogP contribution >= 0.6 is 0 Å². The van der Waals surface area contributed by atoms with Gasteiger partial charge in [0, 0.05) is 26.1 Å². The van der Waals surface area contributed by atoms with E-state index in [2.05, 4.69) is 10.3 Å². The molecule has 2 amide bonds. The van der Waals surface area contributed by atoms with Crippen molar-refractivity contribution in [1.82, 2.24) is 15.3 Å². The van der Waals surface area contributed by atoms with E-state index < -0.39 is 17.7 Å². The minimum Gasteiger partial charge on any atom is -0.489 e. The average Bonchev–Trinajstić information content (AvgIpc) is 2.84. The van der Waals surface area contributed by atoms with Crippen molar-refractivity contribution in [2.45, 2.75) is 71.6 Å². The quantitative estimate of drug-likeness (QED) is 0.549. The summed E-state index contributed by atoms with van der Waals surface area (Å²) in [6.07, 6.45) is 3.09. The van der Waals surface area contributed by atoms with Gasteiger partial charge in [-0.05, 0) is 63.8 Å². The molecule has 0 aliphatic carbocycles. The number of amides is 2. The van der Waals surface area contributed by atoms with Gasteiger partial charge in [-0.3, -0.25) is 9.80 Å². The Labute approximate surface area is 209 Å². The van der Waals surface area contributed by atoms with Crippen LogP contribution in [0.15, 0.2) is 54.6 Å². The van der Waals surface area contributed by atoms with Crippen LogP contribution in [0, 0.1) is 0 Å². The number of nitrogens with one attached hydrogen (secondary N) is 1. The van der Waals surface area contributed by atoms with Gasteiger partial charge >= 0.3 is 6.09 Å². The minimum atomic E-state index is -0.734. The molecule has 0 aromatic heterocycles. The Balaban J connectivity index is 1.70. The second kappa shape index (κ2) is 12.6. The van der Waals surface area contributed by atoms with Crippen LogP contribution < -0.4 is 10.1 Å². The third-order valence-corrected chi connectivity index (χ3v) is 5.83. The van der Waals surface area contributed by atoms with Gasteiger partial charge in [0.15, 0.2) is 0 Å². The molecule has 190 valence electrons. The summed E-state index contributed by atoms with van der Waals surface area (Å²) in [4.78, 5) is 26.2. The third kappa shape index (κ3) is 8.58. The highest BCUT2D eigenvalue weighted by molar-refractivity contribution is 5.85. The van der Waals surface area contributed by atoms with Crippen molar-refractivity contribution < 1.29 is 19.1 Å². The molecule has 7 heteroatoms. The Morgan fingerprint density at radius 1 is 0.971 bits per heavy atom. The number of carbonyl (C=O) groups is 2. The van der Waals surface area contributed by atoms with Gasteiger partial charge in [0.2, 0.25) is 0 Å². The van der Waals surface area contributed by atoms with Gasteiger partial charge in [-0.2, -0.15) is 0 Å². The predicted octanol–water partition coefficient (Wildman–Crippen LogP) is 4.95. The van der Waals surface area contributed by atoms with Crippen molar-refractivity contribution in [3.05, 3.63) is 65.7 Å². The first-order valence-electron chi connectivity index (χ1n) is 12.6. The average molecular weight is 482 g/mol. The molecule has 3 rings (SSSR count). The first-order chi connectivity index (χ1) is 16.7. The zero-order chi connectivity index (χ0) is 25.3. The molecule has 1 atom stereocenters. The molecule has 0 radical (unpaired) electrons. The second-order valence-electron chi connectivity index (χ2n) is 9.89. The minimum absolute atomic E-state index is 0.121. The first-order valence-corrected chi connectivity index (χ1v) is 12.6. The number of alkyl carbamates (subject to hydrolysis) is 1. The monoisotopic (exact) mass is 481 g/mol. The molecule has 0 saturated carbocycles. The lowest BCUT2D eigenvalue weighted by Gasteiger charge is -2.38. The Bertz CT molecular complexity index is 935. The SMILES string of the molecule is CCN(C(=O)C(Cc1ccc(OCc2ccccc2)cc1)NC(=O)OC(C)(C)C)N1CCCCC1. The van der Waals surface area contributed by atoms with Gasteiger partial charge in [-0.15, -0.1) is 0 Å². The lowest BCUT2D eigenvalue weighted by Crippen LogP contribution is -2.56. The summed E-state index contributed by atoms with van der Waals surface area (Å²) < 4.78 is 11.3. The summed E-state index contributed by atoms with van der Waals surface area (Å²) in [7, 11) is 0. The fourth-order valence-corrected chi connectivity index (χ4v) is 4.14. The van der Waals surface area contributed by atoms with E-state index in [1.807, 2.05) is 82.3 Å². The summed E-state index contributed by atoms with van der Waals surface area (Å²) in [6.45, 7) is 10.1. The number of rotatable bonds is 9. The van der Waals surface area contributed by atoms with Gasteiger partial charge in [0.05, 0.1) is 0 Å². The zero-order valence-corrected chi connectivity index (χ0v) is 21.5. The molecule has 1 aliphatic rings. The van der Waals surface area contributed by atoms with Crippen molar-refractivity contribution in [3.8, 4) is 5.75 Å². The summed E-state index contributed by atoms with van der Waals surface area (Å²) in [5.74, 6) is 0.633. The summed E-state index contributed by atoms with van der Waals surface area (Å²) in [5.41, 5.74) is 1.38. The highest BCUT2D eigenvalue weighted by Crippen LogP contribution is 2.18. The fraction of sp³-hybridized carbons (Fsp3) is 0.500. The maximum absolute atomic E-state index is 13.6. The lowest BCUT2D eigenvalue weighted by molar-refractivity contribution is -0.152. The molecule has 1 aliphatic heterocycles. The Morgan fingerprint density at radius 3 is 2.23 bits per heavy atom. The van der Waals surface area contributed by atoms with Crippen LogP contribution in [0.1, 0.15) is 58.1 Å². The highest BCUT2D eigenvalue weighted by Gasteiger charge is 2.31. The van der Waals surface area contributed by atoms with Crippen LogP contribution in [0.2, 0.25) is 0 Å². The number of likely N-dealkylation sites (N-methyl/N-ethyl adjacent to an activating group) is 1. The lowest BCUT2D eigenvalue weighted by atomic mass is 10.0. The van der Waals surface area contributed by atoms with E-state index in [0.29, 0.717) is 19.6 Å². The number of hydrogen-bond donors (Lipinski definition) is 1. The van der Waals surface area contributed by atoms with Crippen molar-refractivity contribution in [2.24, 2.45) is 0 Å². The van der Waals surface area contributed by atoms with Crippen molar-refractivity contribution in [1.29, 1.82) is 0 Å². The molecule has 35 heavy (non-hydrogen) atoms. The van der Waals surface area contributed by atoms with Gasteiger partial charge < -0.3 is 14.8 Å². The third-order valence-electron chi connectivity index (χ3n) is 5.83. The maximum Gasteiger partial charge on any atom is 0.408 e. The van der Waals surface area contributed by atoms with E-state index in [4.69, 9.17) is 9.47 Å². The number of hydrogen-bond acceptors (Lipinski definition) is 5. The summed E-state index contributed by atoms with van der Waals surface area (Å²) >= 11 is 0. The van der Waals surface area contributed by atoms with E-state index in [1.165, 1.54) is 6.42 Å². The van der Waals surface area contributed by atoms with E-state index in [9.17, 15) is 9.59 Å². The molecule has 1 N–H and O–H groups in total. The van der Waals surface area contributed by atoms with Gasteiger partial charge in [-0.25, -0.2) is 9.80 Å². The number of piperidine rings is 1. The molecule has 2 aromatic carbocycles. The first kappa shape index (κ1) is 26.5. The molecule has 1 unspecified atom stereocenters. The Kier molecular flexibility index (Phi) is 9.55. The van der Waals surface area contributed by atoms with Gasteiger partial charge in [-0.1, -0.05) is 48.9 Å². The molecule has 2 aromatic rings. The number of nitrogens with zero attached hydrogens (tertiary/aromatic N) is 2. The van der Waals surface area contributed by atoms with Crippen molar-refractivity contribution in [3.63, 3.8) is 0 Å². The number of benzene rings is 2. The number of ether oxygens (including phenoxy) is 2. The van der Waals surface area contributed by atoms with Crippen LogP contribution in [0.3, 0.4) is 0 Å². The topological polar surface area (TPSA) is 71.1 Å². The Morgan fingerprint density at radius 2 is 1.63 bits per heavy atom. The predicted molar refractivity (Wildman–Crippen MR) is 137 cm³/mol. The fourth-order valence-electron chi connectivity index (χ4n) is 4.14. The molecule has 1 fully saturated rings. The normalized spacial score (nSPS) is 15.2. The number of carbonyl (C=O) groups excluding carboxylic acids is 2. The zero-order valence-electron chi connectivity index (χ0n) is 21.5. The maximum atomic E-state index is 13.6. The van der Waals surface area contributed by atoms with Gasteiger partial charge in [0.25, 0.3) is 5.91 Å². The van der Waals surface area contributed by atoms with E-state index >= 15 is 0 Å². The van der Waals surface area contributed by atoms with Crippen molar-refractivity contribution >= 4 is 12.0 Å². The molecular weight excluding hydrogens is 442 g/mol. The van der Waals surface area contributed by atoms with Crippen LogP contribution in [0.5, 0.6) is 5.75 Å². The molecule has 1 saturated heterocycles. The van der Waals surface area contributed by atoms with Crippen molar-refractivity contribution in [2.75, 3.05) is 19.6 Å².